The number of carbonyl (C=O) groups excluding carboxylic acids is 10. The highest BCUT2D eigenvalue weighted by atomic mass is 16.2. The summed E-state index contributed by atoms with van der Waals surface area (Å²) >= 11 is 0. The zero-order valence-electron chi connectivity index (χ0n) is 50.6. The second kappa shape index (κ2) is 53.2. The molecular formula is C58H113N15O10. The Labute approximate surface area is 495 Å². The molecule has 0 saturated carbocycles. The first-order valence-corrected chi connectivity index (χ1v) is 31.4. The number of amides is 10. The lowest BCUT2D eigenvalue weighted by atomic mass is 10.1. The summed E-state index contributed by atoms with van der Waals surface area (Å²) in [5, 5.41) is 25.1. The highest BCUT2D eigenvalue weighted by Crippen LogP contribution is 2.12. The van der Waals surface area contributed by atoms with E-state index in [-0.39, 0.29) is 94.8 Å². The maximum Gasteiger partial charge on any atom is 0.242 e. The fourth-order valence-corrected chi connectivity index (χ4v) is 9.09. The van der Waals surface area contributed by atoms with Crippen molar-refractivity contribution in [3.05, 3.63) is 0 Å². The highest BCUT2D eigenvalue weighted by Gasteiger charge is 2.25. The van der Waals surface area contributed by atoms with Gasteiger partial charge in [0, 0.05) is 58.3 Å². The van der Waals surface area contributed by atoms with Crippen molar-refractivity contribution in [3.8, 4) is 0 Å². The van der Waals surface area contributed by atoms with E-state index < -0.39 is 65.7 Å². The largest absolute Gasteiger partial charge is 0.368 e. The molecule has 480 valence electrons. The summed E-state index contributed by atoms with van der Waals surface area (Å²) < 4.78 is 0. The Morgan fingerprint density at radius 1 is 0.277 bits per heavy atom. The number of hydrogen-bond acceptors (Lipinski definition) is 15. The molecule has 0 radical (unpaired) electrons. The van der Waals surface area contributed by atoms with E-state index in [2.05, 4.69) is 54.8 Å². The molecule has 5 atom stereocenters. The molecule has 0 fully saturated rings. The minimum atomic E-state index is -0.872. The van der Waals surface area contributed by atoms with Gasteiger partial charge in [-0.3, -0.25) is 47.9 Å². The van der Waals surface area contributed by atoms with Gasteiger partial charge in [-0.25, -0.2) is 0 Å². The highest BCUT2D eigenvalue weighted by molar-refractivity contribution is 5.90. The Morgan fingerprint density at radius 3 is 0.735 bits per heavy atom. The minimum absolute atomic E-state index is 0.0000373. The molecular weight excluding hydrogens is 1070 g/mol. The molecule has 25 heteroatoms. The molecule has 0 aromatic carbocycles. The molecule has 83 heavy (non-hydrogen) atoms. The van der Waals surface area contributed by atoms with Gasteiger partial charge in [0.2, 0.25) is 59.1 Å². The molecule has 0 bridgehead atoms. The number of primary amides is 1. The van der Waals surface area contributed by atoms with Crippen molar-refractivity contribution in [1.82, 2.24) is 47.9 Å². The maximum atomic E-state index is 13.3. The summed E-state index contributed by atoms with van der Waals surface area (Å²) in [7, 11) is 0. The van der Waals surface area contributed by atoms with Crippen LogP contribution in [0, 0.1) is 0 Å². The molecule has 0 aliphatic carbocycles. The fraction of sp³-hybridized carbons (Fsp3) is 0.828. The normalized spacial score (nSPS) is 12.8. The first-order chi connectivity index (χ1) is 40.1. The zero-order valence-corrected chi connectivity index (χ0v) is 50.6. The summed E-state index contributed by atoms with van der Waals surface area (Å²) in [6.07, 6.45) is 20.0. The van der Waals surface area contributed by atoms with Crippen LogP contribution in [0.2, 0.25) is 0 Å². The van der Waals surface area contributed by atoms with Gasteiger partial charge >= 0.3 is 0 Å². The summed E-state index contributed by atoms with van der Waals surface area (Å²) in [6.45, 7) is 4.97. The number of carbonyl (C=O) groups is 10. The number of unbranched alkanes of at least 4 members (excludes halogenated alkanes) is 13. The second-order valence-corrected chi connectivity index (χ2v) is 21.6. The van der Waals surface area contributed by atoms with Gasteiger partial charge in [-0.15, -0.1) is 0 Å². The van der Waals surface area contributed by atoms with Crippen molar-refractivity contribution in [2.24, 2.45) is 34.4 Å². The van der Waals surface area contributed by atoms with Gasteiger partial charge in [-0.1, -0.05) is 58.3 Å². The van der Waals surface area contributed by atoms with E-state index >= 15 is 0 Å². The van der Waals surface area contributed by atoms with Crippen molar-refractivity contribution in [2.45, 2.75) is 249 Å². The number of rotatable bonds is 56. The van der Waals surface area contributed by atoms with E-state index in [1.54, 1.807) is 0 Å². The predicted molar refractivity (Wildman–Crippen MR) is 324 cm³/mol. The third kappa shape index (κ3) is 43.8. The molecule has 0 aromatic rings. The van der Waals surface area contributed by atoms with Gasteiger partial charge < -0.3 is 82.3 Å². The molecule has 0 aromatic heterocycles. The Morgan fingerprint density at radius 2 is 0.494 bits per heavy atom. The minimum Gasteiger partial charge on any atom is -0.368 e. The van der Waals surface area contributed by atoms with E-state index in [4.69, 9.17) is 34.4 Å². The Hall–Kier alpha value is -5.50. The van der Waals surface area contributed by atoms with Crippen LogP contribution in [0.4, 0.5) is 0 Å². The van der Waals surface area contributed by atoms with Gasteiger partial charge in [-0.2, -0.15) is 0 Å². The zero-order chi connectivity index (χ0) is 61.7. The summed E-state index contributed by atoms with van der Waals surface area (Å²) in [4.78, 5) is 129. The van der Waals surface area contributed by atoms with E-state index in [0.29, 0.717) is 135 Å². The van der Waals surface area contributed by atoms with E-state index in [1.807, 2.05) is 0 Å². The maximum absolute atomic E-state index is 13.3. The summed E-state index contributed by atoms with van der Waals surface area (Å²) in [5.74, 6) is -3.91. The van der Waals surface area contributed by atoms with Crippen LogP contribution in [0.1, 0.15) is 219 Å². The quantitative estimate of drug-likeness (QED) is 0.0379. The Balaban J connectivity index is 5.07. The SMILES string of the molecule is CCCCCCCCCCCC(=O)N[C@@H](CCCCN)C(=O)NCCCC(=O)N[C@@H](CCCCN)C(=O)NCCCC(=O)N[C@@H](CCCCN)C(=O)NCCCC(=O)N[C@@H](CCCCN)C(=O)NCCCC(=O)N[C@@H](CCCCN)C(N)=O. The van der Waals surface area contributed by atoms with Gasteiger partial charge in [0.15, 0.2) is 0 Å². The molecule has 0 unspecified atom stereocenters. The topological polar surface area (TPSA) is 435 Å². The predicted octanol–water partition coefficient (Wildman–Crippen LogP) is 1.05. The molecule has 25 nitrogen and oxygen atoms in total. The molecule has 0 heterocycles. The van der Waals surface area contributed by atoms with Gasteiger partial charge in [0.25, 0.3) is 0 Å². The average Bonchev–Trinajstić information content (AvgIpc) is 3.46. The lowest BCUT2D eigenvalue weighted by Gasteiger charge is -2.20. The van der Waals surface area contributed by atoms with Crippen LogP contribution in [-0.4, -0.2) is 148 Å². The van der Waals surface area contributed by atoms with Crippen molar-refractivity contribution >= 4 is 59.1 Å². The molecule has 0 saturated heterocycles. The lowest BCUT2D eigenvalue weighted by molar-refractivity contribution is -0.130. The fourth-order valence-electron chi connectivity index (χ4n) is 9.09. The molecule has 21 N–H and O–H groups in total. The van der Waals surface area contributed by atoms with Gasteiger partial charge in [0.05, 0.1) is 0 Å². The van der Waals surface area contributed by atoms with Crippen molar-refractivity contribution in [2.75, 3.05) is 58.9 Å². The average molecular weight is 1180 g/mol. The van der Waals surface area contributed by atoms with E-state index in [1.165, 1.54) is 38.5 Å². The third-order valence-corrected chi connectivity index (χ3v) is 14.0. The molecule has 10 amide bonds. The standard InChI is InChI=1S/C58H113N15O10/c1-2-3-4-5-6-7-8-9-10-30-49(74)70-45(26-12-17-36-60)55(80)66-41-22-32-51(76)72-47(28-14-19-38-62)57(82)68-43-24-34-53(78)73-48(29-15-20-39-63)58(83)67-42-23-33-52(77)71-46(27-13-18-37-61)56(81)65-40-21-31-50(75)69-44(54(64)79)25-11-16-35-59/h44-48H,2-43,59-63H2,1H3,(H2,64,79)(H,65,81)(H,66,80)(H,67,83)(H,68,82)(H,69,75)(H,70,74)(H,71,77)(H,72,76)(H,73,78)/t44-,45-,46-,47-,48-/m0/s1. The van der Waals surface area contributed by atoms with Crippen molar-refractivity contribution in [3.63, 3.8) is 0 Å². The van der Waals surface area contributed by atoms with Crippen LogP contribution in [0.3, 0.4) is 0 Å². The first kappa shape index (κ1) is 77.5. The van der Waals surface area contributed by atoms with Crippen LogP contribution in [0.15, 0.2) is 0 Å². The number of nitrogens with one attached hydrogen (secondary N) is 9. The Kier molecular flexibility index (Phi) is 49.7. The Bertz CT molecular complexity index is 1820. The second-order valence-electron chi connectivity index (χ2n) is 21.6. The van der Waals surface area contributed by atoms with Crippen molar-refractivity contribution in [1.29, 1.82) is 0 Å². The van der Waals surface area contributed by atoms with Gasteiger partial charge in [0.1, 0.15) is 30.2 Å². The van der Waals surface area contributed by atoms with Crippen LogP contribution < -0.4 is 82.3 Å². The monoisotopic (exact) mass is 1180 g/mol. The lowest BCUT2D eigenvalue weighted by Crippen LogP contribution is -2.48. The number of hydrogen-bond donors (Lipinski definition) is 15. The van der Waals surface area contributed by atoms with Gasteiger partial charge in [-0.05, 0) is 161 Å². The summed E-state index contributed by atoms with van der Waals surface area (Å²) in [5.41, 5.74) is 33.7. The molecule has 0 spiro atoms. The van der Waals surface area contributed by atoms with Crippen LogP contribution in [-0.2, 0) is 47.9 Å². The third-order valence-electron chi connectivity index (χ3n) is 14.0. The van der Waals surface area contributed by atoms with Crippen molar-refractivity contribution < 1.29 is 47.9 Å². The van der Waals surface area contributed by atoms with Crippen LogP contribution >= 0.6 is 0 Å². The van der Waals surface area contributed by atoms with E-state index in [0.717, 1.165) is 25.7 Å². The molecule has 0 rings (SSSR count). The van der Waals surface area contributed by atoms with Crippen LogP contribution in [0.5, 0.6) is 0 Å². The smallest absolute Gasteiger partial charge is 0.242 e. The molecule has 0 aliphatic heterocycles. The van der Waals surface area contributed by atoms with Crippen LogP contribution in [0.25, 0.3) is 0 Å². The summed E-state index contributed by atoms with van der Waals surface area (Å²) in [6, 6.07) is -4.06. The van der Waals surface area contributed by atoms with E-state index in [9.17, 15) is 47.9 Å². The molecule has 0 aliphatic rings. The first-order valence-electron chi connectivity index (χ1n) is 31.4. The number of nitrogens with two attached hydrogens (primary N) is 6.